The first-order chi connectivity index (χ1) is 14.1. The van der Waals surface area contributed by atoms with E-state index < -0.39 is 29.3 Å². The Hall–Kier alpha value is -3.03. The van der Waals surface area contributed by atoms with Crippen LogP contribution in [-0.4, -0.2) is 57.6 Å². The zero-order chi connectivity index (χ0) is 21.7. The third-order valence-electron chi connectivity index (χ3n) is 6.42. The van der Waals surface area contributed by atoms with Gasteiger partial charge in [0, 0.05) is 50.5 Å². The smallest absolute Gasteiger partial charge is 0.417 e. The summed E-state index contributed by atoms with van der Waals surface area (Å²) in [7, 11) is 0. The van der Waals surface area contributed by atoms with Gasteiger partial charge in [0.05, 0.1) is 11.0 Å². The number of fused-ring (bicyclic) bond motifs is 2. The number of carbonyl (C=O) groups is 2. The molecule has 0 radical (unpaired) electrons. The second-order valence-corrected chi connectivity index (χ2v) is 8.22. The first-order valence-electron chi connectivity index (χ1n) is 9.61. The van der Waals surface area contributed by atoms with Gasteiger partial charge in [0.2, 0.25) is 5.91 Å². The van der Waals surface area contributed by atoms with Crippen molar-refractivity contribution < 1.29 is 27.9 Å². The first-order valence-corrected chi connectivity index (χ1v) is 9.61. The van der Waals surface area contributed by atoms with Crippen LogP contribution in [0.1, 0.15) is 29.7 Å². The lowest BCUT2D eigenvalue weighted by Crippen LogP contribution is -2.49. The van der Waals surface area contributed by atoms with Crippen molar-refractivity contribution in [3.63, 3.8) is 0 Å². The molecular weight excluding hydrogens is 403 g/mol. The summed E-state index contributed by atoms with van der Waals surface area (Å²) in [6.45, 7) is 0.893. The minimum atomic E-state index is -4.52. The number of carbonyl (C=O) groups excluding carboxylic acids is 1. The van der Waals surface area contributed by atoms with Crippen molar-refractivity contribution in [1.29, 1.82) is 5.26 Å². The summed E-state index contributed by atoms with van der Waals surface area (Å²) >= 11 is 0. The van der Waals surface area contributed by atoms with Crippen molar-refractivity contribution in [2.45, 2.75) is 38.0 Å². The number of pyridine rings is 1. The highest BCUT2D eigenvalue weighted by Crippen LogP contribution is 2.50. The van der Waals surface area contributed by atoms with Crippen molar-refractivity contribution in [3.05, 3.63) is 29.1 Å². The first kappa shape index (κ1) is 20.3. The van der Waals surface area contributed by atoms with E-state index in [1.807, 2.05) is 0 Å². The van der Waals surface area contributed by atoms with E-state index in [1.165, 1.54) is 9.80 Å². The van der Waals surface area contributed by atoms with Crippen molar-refractivity contribution >= 4 is 12.0 Å². The lowest BCUT2D eigenvalue weighted by Gasteiger charge is -2.36. The monoisotopic (exact) mass is 423 g/mol. The molecule has 3 heterocycles. The molecular formula is C19H20F3N5O3. The van der Waals surface area contributed by atoms with Crippen LogP contribution in [0, 0.1) is 22.8 Å². The summed E-state index contributed by atoms with van der Waals surface area (Å²) < 4.78 is 39.2. The second kappa shape index (κ2) is 7.04. The Morgan fingerprint density at radius 2 is 2.17 bits per heavy atom. The van der Waals surface area contributed by atoms with Crippen LogP contribution in [-0.2, 0) is 23.9 Å². The molecule has 2 aliphatic heterocycles. The average Bonchev–Trinajstić information content (AvgIpc) is 3.19. The molecule has 4 rings (SSSR count). The van der Waals surface area contributed by atoms with Crippen LogP contribution in [0.25, 0.3) is 0 Å². The maximum absolute atomic E-state index is 13.6. The number of hydrogen-bond acceptors (Lipinski definition) is 5. The largest absolute Gasteiger partial charge is 0.465 e. The van der Waals surface area contributed by atoms with Crippen LogP contribution in [0.5, 0.6) is 0 Å². The maximum atomic E-state index is 13.6. The molecule has 2 N–H and O–H groups in total. The molecule has 1 aromatic heterocycles. The highest BCUT2D eigenvalue weighted by atomic mass is 19.4. The highest BCUT2D eigenvalue weighted by Gasteiger charge is 2.59. The summed E-state index contributed by atoms with van der Waals surface area (Å²) in [6, 6.07) is 0.643. The van der Waals surface area contributed by atoms with Gasteiger partial charge in [-0.05, 0) is 30.4 Å². The Balaban J connectivity index is 1.59. The molecule has 160 valence electrons. The molecule has 1 saturated heterocycles. The van der Waals surface area contributed by atoms with Gasteiger partial charge < -0.3 is 20.2 Å². The van der Waals surface area contributed by atoms with E-state index in [0.717, 1.165) is 12.3 Å². The van der Waals surface area contributed by atoms with Crippen molar-refractivity contribution in [2.24, 2.45) is 11.3 Å². The number of nitriles is 1. The summed E-state index contributed by atoms with van der Waals surface area (Å²) in [4.78, 5) is 31.6. The Kier molecular flexibility index (Phi) is 4.75. The third kappa shape index (κ3) is 3.40. The molecule has 3 atom stereocenters. The maximum Gasteiger partial charge on any atom is 0.417 e. The Labute approximate surface area is 170 Å². The Bertz CT molecular complexity index is 931. The van der Waals surface area contributed by atoms with E-state index in [1.54, 1.807) is 0 Å². The van der Waals surface area contributed by atoms with Gasteiger partial charge in [-0.3, -0.25) is 9.78 Å². The fraction of sp³-hybridized carbons (Fsp3) is 0.579. The third-order valence-corrected chi connectivity index (χ3v) is 6.42. The number of alkyl halides is 3. The molecule has 0 bridgehead atoms. The number of aromatic nitrogens is 1. The molecule has 1 aromatic rings. The summed E-state index contributed by atoms with van der Waals surface area (Å²) in [5.41, 5.74) is -0.862. The number of hydrogen-bond donors (Lipinski definition) is 2. The van der Waals surface area contributed by atoms with Crippen LogP contribution in [0.3, 0.4) is 0 Å². The minimum absolute atomic E-state index is 0.0170. The number of likely N-dealkylation sites (tertiary alicyclic amines) is 1. The number of nitrogens with one attached hydrogen (secondary N) is 1. The Morgan fingerprint density at radius 3 is 2.83 bits per heavy atom. The van der Waals surface area contributed by atoms with E-state index in [9.17, 15) is 28.0 Å². The van der Waals surface area contributed by atoms with Gasteiger partial charge >= 0.3 is 12.3 Å². The second-order valence-electron chi connectivity index (χ2n) is 8.22. The van der Waals surface area contributed by atoms with Crippen LogP contribution < -0.4 is 5.32 Å². The van der Waals surface area contributed by atoms with Crippen LogP contribution >= 0.6 is 0 Å². The van der Waals surface area contributed by atoms with Gasteiger partial charge in [0.1, 0.15) is 0 Å². The summed E-state index contributed by atoms with van der Waals surface area (Å²) in [5.74, 6) is -0.425. The molecule has 0 aromatic carbocycles. The Morgan fingerprint density at radius 1 is 1.40 bits per heavy atom. The van der Waals surface area contributed by atoms with Gasteiger partial charge in [-0.1, -0.05) is 0 Å². The quantitative estimate of drug-likeness (QED) is 0.703. The number of rotatable bonds is 2. The fourth-order valence-electron chi connectivity index (χ4n) is 5.13. The number of amides is 2. The zero-order valence-corrected chi connectivity index (χ0v) is 15.9. The van der Waals surface area contributed by atoms with E-state index in [-0.39, 0.29) is 31.3 Å². The normalized spacial score (nSPS) is 27.9. The molecule has 30 heavy (non-hydrogen) atoms. The molecule has 2 amide bonds. The van der Waals surface area contributed by atoms with Gasteiger partial charge in [0.25, 0.3) is 0 Å². The van der Waals surface area contributed by atoms with Crippen LogP contribution in [0.2, 0.25) is 0 Å². The average molecular weight is 423 g/mol. The predicted molar refractivity (Wildman–Crippen MR) is 95.7 cm³/mol. The highest BCUT2D eigenvalue weighted by molar-refractivity contribution is 5.85. The van der Waals surface area contributed by atoms with Gasteiger partial charge in [-0.15, -0.1) is 0 Å². The van der Waals surface area contributed by atoms with Crippen molar-refractivity contribution in [2.75, 3.05) is 19.6 Å². The van der Waals surface area contributed by atoms with E-state index >= 15 is 0 Å². The number of nitrogens with zero attached hydrogens (tertiary/aromatic N) is 4. The van der Waals surface area contributed by atoms with Crippen LogP contribution in [0.4, 0.5) is 18.0 Å². The van der Waals surface area contributed by atoms with Gasteiger partial charge in [0.15, 0.2) is 6.19 Å². The molecule has 1 saturated carbocycles. The van der Waals surface area contributed by atoms with Gasteiger partial charge in [-0.2, -0.15) is 18.4 Å². The molecule has 11 heteroatoms. The predicted octanol–water partition coefficient (Wildman–Crippen LogP) is 1.81. The minimum Gasteiger partial charge on any atom is -0.465 e. The number of halogens is 3. The lowest BCUT2D eigenvalue weighted by molar-refractivity contribution is -0.143. The fourth-order valence-corrected chi connectivity index (χ4v) is 5.13. The van der Waals surface area contributed by atoms with Gasteiger partial charge in [-0.25, -0.2) is 4.79 Å². The molecule has 1 aliphatic carbocycles. The van der Waals surface area contributed by atoms with Crippen LogP contribution in [0.15, 0.2) is 12.3 Å². The summed E-state index contributed by atoms with van der Waals surface area (Å²) in [5, 5.41) is 20.8. The lowest BCUT2D eigenvalue weighted by atomic mass is 9.78. The molecule has 3 aliphatic rings. The summed E-state index contributed by atoms with van der Waals surface area (Å²) in [6.07, 6.45) is -1.75. The SMILES string of the molecule is N#CN1C[C@@H]2C[C@@H](NC(=O)O)C[C@]2(C(=O)N2CCc3ncc(C(F)(F)F)cc3C2)C1. The topological polar surface area (TPSA) is 110 Å². The molecule has 0 spiro atoms. The molecule has 2 fully saturated rings. The zero-order valence-electron chi connectivity index (χ0n) is 15.9. The molecule has 8 nitrogen and oxygen atoms in total. The molecule has 0 unspecified atom stereocenters. The van der Waals surface area contributed by atoms with E-state index in [2.05, 4.69) is 16.5 Å². The van der Waals surface area contributed by atoms with Crippen molar-refractivity contribution in [1.82, 2.24) is 20.1 Å². The van der Waals surface area contributed by atoms with Crippen molar-refractivity contribution in [3.8, 4) is 6.19 Å². The van der Waals surface area contributed by atoms with E-state index in [4.69, 9.17) is 5.11 Å². The standard InChI is InChI=1S/C19H20F3N5O3/c20-19(21,22)12-3-11-7-27(2-1-15(11)24-6-12)16(28)18-5-14(25-17(29)30)4-13(18)8-26(9-18)10-23/h3,6,13-14,25H,1-2,4-5,7-9H2,(H,29,30)/t13-,14+,18-/m0/s1. The number of carboxylic acid groups (broad SMARTS) is 1. The van der Waals surface area contributed by atoms with E-state index in [0.29, 0.717) is 37.2 Å².